The van der Waals surface area contributed by atoms with Crippen LogP contribution in [-0.4, -0.2) is 8.97 Å². The molecule has 1 aliphatic rings. The van der Waals surface area contributed by atoms with Crippen molar-refractivity contribution in [1.29, 1.82) is 0 Å². The minimum atomic E-state index is -0.117. The van der Waals surface area contributed by atoms with Gasteiger partial charge in [-0.05, 0) is 105 Å². The first-order chi connectivity index (χ1) is 30.4. The summed E-state index contributed by atoms with van der Waals surface area (Å²) in [5.41, 5.74) is 16.7. The lowest BCUT2D eigenvalue weighted by Crippen LogP contribution is -2.14. The molecule has 0 unspecified atom stereocenters. The first-order valence-electron chi connectivity index (χ1n) is 21.4. The number of hydrogen-bond donors (Lipinski definition) is 0. The molecule has 1 aliphatic carbocycles. The predicted molar refractivity (Wildman–Crippen MR) is 257 cm³/mol. The Morgan fingerprint density at radius 2 is 1.16 bits per heavy atom. The molecule has 13 aromatic rings. The third-order valence-corrected chi connectivity index (χ3v) is 14.0. The van der Waals surface area contributed by atoms with Crippen molar-refractivity contribution in [3.63, 3.8) is 0 Å². The van der Waals surface area contributed by atoms with Gasteiger partial charge in [0.1, 0.15) is 11.2 Å². The Balaban J connectivity index is 1.04. The number of rotatable bonds is 3. The van der Waals surface area contributed by atoms with E-state index in [9.17, 15) is 4.79 Å². The van der Waals surface area contributed by atoms with E-state index in [-0.39, 0.29) is 11.0 Å². The molecule has 0 N–H and O–H groups in total. The number of pyridine rings is 1. The van der Waals surface area contributed by atoms with Crippen LogP contribution < -0.4 is 5.56 Å². The van der Waals surface area contributed by atoms with Crippen LogP contribution in [0.5, 0.6) is 0 Å². The molecule has 0 saturated carbocycles. The van der Waals surface area contributed by atoms with Crippen LogP contribution in [0.2, 0.25) is 0 Å². The lowest BCUT2D eigenvalue weighted by molar-refractivity contribution is 0.661. The lowest BCUT2D eigenvalue weighted by Gasteiger charge is -2.21. The number of para-hydroxylation sites is 1. The van der Waals surface area contributed by atoms with Gasteiger partial charge in [0.15, 0.2) is 0 Å². The highest BCUT2D eigenvalue weighted by atomic mass is 16.3. The first-order valence-corrected chi connectivity index (χ1v) is 21.4. The SMILES string of the molecule is CC1(C)c2ccccc2-c2c1ccc1c3ccccc3n(-c3ccc4oc5cccc(-c6ccc7c(c6)c6cc(-c8ccccc8)cc8c9ccccc9c(=O)n7c86)c5c4c3)c21. The Morgan fingerprint density at radius 1 is 0.435 bits per heavy atom. The summed E-state index contributed by atoms with van der Waals surface area (Å²) < 4.78 is 11.1. The molecular weight excluding hydrogens is 757 g/mol. The largest absolute Gasteiger partial charge is 0.456 e. The second-order valence-electron chi connectivity index (χ2n) is 17.6. The Bertz CT molecular complexity index is 4140. The molecule has 4 heterocycles. The summed E-state index contributed by atoms with van der Waals surface area (Å²) in [5.74, 6) is 0. The van der Waals surface area contributed by atoms with Crippen molar-refractivity contribution in [2.45, 2.75) is 19.3 Å². The van der Waals surface area contributed by atoms with Gasteiger partial charge >= 0.3 is 0 Å². The van der Waals surface area contributed by atoms with Crippen molar-refractivity contribution in [1.82, 2.24) is 8.97 Å². The fraction of sp³-hybridized carbons (Fsp3) is 0.0517. The zero-order chi connectivity index (χ0) is 41.0. The second kappa shape index (κ2) is 11.9. The van der Waals surface area contributed by atoms with E-state index in [4.69, 9.17) is 4.42 Å². The molecule has 0 atom stereocenters. The normalized spacial score (nSPS) is 13.5. The molecule has 4 nitrogen and oxygen atoms in total. The number of furan rings is 1. The Morgan fingerprint density at radius 3 is 2.03 bits per heavy atom. The fourth-order valence-electron chi connectivity index (χ4n) is 11.3. The summed E-state index contributed by atoms with van der Waals surface area (Å²) in [6.45, 7) is 4.70. The van der Waals surface area contributed by atoms with Crippen molar-refractivity contribution in [3.8, 4) is 39.1 Å². The van der Waals surface area contributed by atoms with Crippen LogP contribution in [0, 0.1) is 0 Å². The van der Waals surface area contributed by atoms with Crippen LogP contribution in [0.1, 0.15) is 25.0 Å². The second-order valence-corrected chi connectivity index (χ2v) is 17.6. The van der Waals surface area contributed by atoms with E-state index in [0.717, 1.165) is 87.8 Å². The number of fused-ring (bicyclic) bond motifs is 15. The summed E-state index contributed by atoms with van der Waals surface area (Å²) in [6, 6.07) is 65.1. The molecule has 4 aromatic heterocycles. The van der Waals surface area contributed by atoms with Crippen molar-refractivity contribution in [2.75, 3.05) is 0 Å². The Hall–Kier alpha value is -7.95. The molecule has 290 valence electrons. The van der Waals surface area contributed by atoms with Gasteiger partial charge in [-0.1, -0.05) is 135 Å². The van der Waals surface area contributed by atoms with Gasteiger partial charge in [0.2, 0.25) is 0 Å². The van der Waals surface area contributed by atoms with E-state index >= 15 is 0 Å². The molecule has 0 fully saturated rings. The van der Waals surface area contributed by atoms with Crippen molar-refractivity contribution in [3.05, 3.63) is 203 Å². The van der Waals surface area contributed by atoms with Gasteiger partial charge in [-0.3, -0.25) is 9.20 Å². The van der Waals surface area contributed by atoms with E-state index in [1.165, 1.54) is 44.1 Å². The highest BCUT2D eigenvalue weighted by Gasteiger charge is 2.37. The van der Waals surface area contributed by atoms with E-state index in [2.05, 4.69) is 182 Å². The summed E-state index contributed by atoms with van der Waals surface area (Å²) in [7, 11) is 0. The summed E-state index contributed by atoms with van der Waals surface area (Å²) in [4.78, 5) is 14.4. The summed E-state index contributed by atoms with van der Waals surface area (Å²) in [5, 5.41) is 9.51. The molecule has 0 saturated heterocycles. The minimum Gasteiger partial charge on any atom is -0.456 e. The van der Waals surface area contributed by atoms with Crippen LogP contribution in [0.25, 0.3) is 121 Å². The molecular formula is C58H36N2O2. The van der Waals surface area contributed by atoms with E-state index < -0.39 is 0 Å². The molecule has 0 amide bonds. The van der Waals surface area contributed by atoms with Crippen LogP contribution in [0.4, 0.5) is 0 Å². The van der Waals surface area contributed by atoms with Crippen molar-refractivity contribution in [2.24, 2.45) is 0 Å². The van der Waals surface area contributed by atoms with E-state index in [0.29, 0.717) is 0 Å². The number of nitrogens with zero attached hydrogens (tertiary/aromatic N) is 2. The predicted octanol–water partition coefficient (Wildman–Crippen LogP) is 14.8. The zero-order valence-electron chi connectivity index (χ0n) is 34.0. The number of benzene rings is 9. The highest BCUT2D eigenvalue weighted by molar-refractivity contribution is 6.23. The third-order valence-electron chi connectivity index (χ3n) is 14.0. The monoisotopic (exact) mass is 792 g/mol. The zero-order valence-corrected chi connectivity index (χ0v) is 34.0. The topological polar surface area (TPSA) is 39.5 Å². The van der Waals surface area contributed by atoms with Gasteiger partial charge in [-0.15, -0.1) is 0 Å². The third kappa shape index (κ3) is 4.28. The van der Waals surface area contributed by atoms with E-state index in [1.807, 2.05) is 22.6 Å². The molecule has 0 aliphatic heterocycles. The van der Waals surface area contributed by atoms with Gasteiger partial charge in [0.05, 0.1) is 22.1 Å². The Kier molecular flexibility index (Phi) is 6.48. The molecule has 14 rings (SSSR count). The van der Waals surface area contributed by atoms with Crippen molar-refractivity contribution < 1.29 is 4.42 Å². The van der Waals surface area contributed by atoms with Gasteiger partial charge < -0.3 is 8.98 Å². The first kappa shape index (κ1) is 33.8. The average molecular weight is 793 g/mol. The van der Waals surface area contributed by atoms with Gasteiger partial charge in [0.25, 0.3) is 5.56 Å². The van der Waals surface area contributed by atoms with Gasteiger partial charge in [-0.2, -0.15) is 0 Å². The molecule has 62 heavy (non-hydrogen) atoms. The summed E-state index contributed by atoms with van der Waals surface area (Å²) in [6.07, 6.45) is 0. The molecule has 0 radical (unpaired) electrons. The molecule has 0 bridgehead atoms. The quantitative estimate of drug-likeness (QED) is 0.167. The van der Waals surface area contributed by atoms with E-state index in [1.54, 1.807) is 0 Å². The highest BCUT2D eigenvalue weighted by Crippen LogP contribution is 2.53. The number of aromatic nitrogens is 2. The maximum Gasteiger partial charge on any atom is 0.263 e. The Labute approximate surface area is 355 Å². The van der Waals surface area contributed by atoms with Crippen LogP contribution >= 0.6 is 0 Å². The standard InChI is InChI=1S/C58H36N2O2/c1-58(2)47-20-10-8-18-42(47)54-48(58)26-25-40-39-16-9-11-21-49(39)59(56(40)54)36-24-28-51-46(32-36)53-37(19-12-22-52(53)62-51)34-23-27-50-43(29-34)45-31-35(33-13-4-3-5-14-33)30-44-38-15-6-7-17-41(38)57(61)60(50)55(44)45/h3-32H,1-2H3. The van der Waals surface area contributed by atoms with Gasteiger partial charge in [0, 0.05) is 59.8 Å². The van der Waals surface area contributed by atoms with Crippen LogP contribution in [0.15, 0.2) is 191 Å². The van der Waals surface area contributed by atoms with Gasteiger partial charge in [-0.25, -0.2) is 0 Å². The molecule has 9 aromatic carbocycles. The molecule has 0 spiro atoms. The smallest absolute Gasteiger partial charge is 0.263 e. The van der Waals surface area contributed by atoms with Crippen LogP contribution in [-0.2, 0) is 5.41 Å². The lowest BCUT2D eigenvalue weighted by atomic mass is 9.82. The van der Waals surface area contributed by atoms with Crippen molar-refractivity contribution >= 4 is 81.7 Å². The molecule has 4 heteroatoms. The maximum absolute atomic E-state index is 14.4. The average Bonchev–Trinajstić information content (AvgIpc) is 4.03. The summed E-state index contributed by atoms with van der Waals surface area (Å²) >= 11 is 0. The number of hydrogen-bond acceptors (Lipinski definition) is 2. The van der Waals surface area contributed by atoms with Crippen LogP contribution in [0.3, 0.4) is 0 Å². The fourth-order valence-corrected chi connectivity index (χ4v) is 11.3. The maximum atomic E-state index is 14.4. The minimum absolute atomic E-state index is 0.00604.